The second-order valence-corrected chi connectivity index (χ2v) is 4.31. The first-order valence-corrected chi connectivity index (χ1v) is 5.28. The largest absolute Gasteiger partial charge is 0.0846 e. The lowest BCUT2D eigenvalue weighted by Crippen LogP contribution is -2.00. The van der Waals surface area contributed by atoms with Gasteiger partial charge in [0.15, 0.2) is 0 Å². The molecule has 0 aliphatic carbocycles. The van der Waals surface area contributed by atoms with Crippen molar-refractivity contribution in [3.05, 3.63) is 23.8 Å². The zero-order chi connectivity index (χ0) is 10.4. The normalized spacial score (nSPS) is 13.3. The summed E-state index contributed by atoms with van der Waals surface area (Å²) in [6.07, 6.45) is 6.33. The van der Waals surface area contributed by atoms with Gasteiger partial charge in [-0.05, 0) is 30.4 Å². The van der Waals surface area contributed by atoms with Gasteiger partial charge in [-0.25, -0.2) is 0 Å². The van der Waals surface area contributed by atoms with Crippen LogP contribution in [0.4, 0.5) is 0 Å². The van der Waals surface area contributed by atoms with Crippen LogP contribution in [0.2, 0.25) is 0 Å². The molecule has 0 aromatic rings. The highest BCUT2D eigenvalue weighted by atomic mass is 32.1. The van der Waals surface area contributed by atoms with Gasteiger partial charge in [0, 0.05) is 4.86 Å². The Kier molecular flexibility index (Phi) is 5.89. The van der Waals surface area contributed by atoms with E-state index in [9.17, 15) is 0 Å². The van der Waals surface area contributed by atoms with E-state index in [2.05, 4.69) is 52.8 Å². The van der Waals surface area contributed by atoms with E-state index in [1.54, 1.807) is 0 Å². The predicted octanol–water partition coefficient (Wildman–Crippen LogP) is 4.17. The molecular weight excluding hydrogens is 176 g/mol. The first-order chi connectivity index (χ1) is 5.99. The molecular formula is C12H20S. The Bertz CT molecular complexity index is 219. The van der Waals surface area contributed by atoms with Crippen molar-refractivity contribution >= 4 is 17.1 Å². The van der Waals surface area contributed by atoms with E-state index < -0.39 is 0 Å². The Labute approximate surface area is 87.7 Å². The average molecular weight is 196 g/mol. The molecule has 0 heterocycles. The van der Waals surface area contributed by atoms with Gasteiger partial charge in [0.25, 0.3) is 0 Å². The van der Waals surface area contributed by atoms with Crippen molar-refractivity contribution in [2.24, 2.45) is 11.8 Å². The molecule has 0 radical (unpaired) electrons. The maximum atomic E-state index is 5.22. The molecule has 0 aromatic heterocycles. The molecule has 13 heavy (non-hydrogen) atoms. The van der Waals surface area contributed by atoms with Crippen LogP contribution in [0.25, 0.3) is 0 Å². The molecule has 74 valence electrons. The smallest absolute Gasteiger partial charge is 0.0177 e. The Balaban J connectivity index is 4.34. The molecule has 0 aliphatic rings. The van der Waals surface area contributed by atoms with Gasteiger partial charge in [0.2, 0.25) is 0 Å². The third kappa shape index (κ3) is 4.99. The quantitative estimate of drug-likeness (QED) is 0.369. The van der Waals surface area contributed by atoms with Crippen molar-refractivity contribution in [1.82, 2.24) is 0 Å². The van der Waals surface area contributed by atoms with Crippen LogP contribution < -0.4 is 0 Å². The fourth-order valence-corrected chi connectivity index (χ4v) is 1.06. The molecule has 1 heteroatoms. The predicted molar refractivity (Wildman–Crippen MR) is 65.2 cm³/mol. The second kappa shape index (κ2) is 6.09. The Morgan fingerprint density at radius 3 is 1.85 bits per heavy atom. The summed E-state index contributed by atoms with van der Waals surface area (Å²) in [5, 5.41) is 0. The maximum Gasteiger partial charge on any atom is 0.0177 e. The molecule has 0 unspecified atom stereocenters. The van der Waals surface area contributed by atoms with E-state index >= 15 is 0 Å². The molecule has 0 nitrogen and oxygen atoms in total. The second-order valence-electron chi connectivity index (χ2n) is 3.83. The van der Waals surface area contributed by atoms with Crippen LogP contribution in [0.1, 0.15) is 34.6 Å². The average Bonchev–Trinajstić information content (AvgIpc) is 2.04. The molecule has 0 rings (SSSR count). The fraction of sp³-hybridized carbons (Fsp3) is 0.583. The molecule has 0 N–H and O–H groups in total. The van der Waals surface area contributed by atoms with Crippen LogP contribution in [0.15, 0.2) is 23.8 Å². The number of hydrogen-bond donors (Lipinski definition) is 0. The zero-order valence-corrected chi connectivity index (χ0v) is 10.1. The van der Waals surface area contributed by atoms with E-state index in [4.69, 9.17) is 12.2 Å². The van der Waals surface area contributed by atoms with Crippen molar-refractivity contribution in [1.29, 1.82) is 0 Å². The van der Waals surface area contributed by atoms with E-state index in [-0.39, 0.29) is 0 Å². The molecule has 0 aliphatic heterocycles. The van der Waals surface area contributed by atoms with Gasteiger partial charge in [-0.3, -0.25) is 0 Å². The summed E-state index contributed by atoms with van der Waals surface area (Å²) in [5.41, 5.74) is 1.35. The first-order valence-electron chi connectivity index (χ1n) is 4.87. The highest BCUT2D eigenvalue weighted by Gasteiger charge is 2.00. The SMILES string of the molecule is CC=C(/C=C\C(=S)C(C)C)C(C)C. The summed E-state index contributed by atoms with van der Waals surface area (Å²) in [5.74, 6) is 1.05. The summed E-state index contributed by atoms with van der Waals surface area (Å²) in [4.78, 5) is 1.03. The molecule has 0 fully saturated rings. The lowest BCUT2D eigenvalue weighted by Gasteiger charge is -2.06. The van der Waals surface area contributed by atoms with Crippen LogP contribution in [0.5, 0.6) is 0 Å². The van der Waals surface area contributed by atoms with Gasteiger partial charge in [-0.1, -0.05) is 52.1 Å². The first kappa shape index (κ1) is 12.6. The minimum atomic E-state index is 0.469. The minimum Gasteiger partial charge on any atom is -0.0846 e. The van der Waals surface area contributed by atoms with Crippen molar-refractivity contribution in [3.63, 3.8) is 0 Å². The number of rotatable bonds is 4. The Morgan fingerprint density at radius 2 is 1.54 bits per heavy atom. The topological polar surface area (TPSA) is 0 Å². The van der Waals surface area contributed by atoms with Crippen molar-refractivity contribution < 1.29 is 0 Å². The third-order valence-electron chi connectivity index (χ3n) is 2.01. The maximum absolute atomic E-state index is 5.22. The summed E-state index contributed by atoms with van der Waals surface area (Å²) < 4.78 is 0. The minimum absolute atomic E-state index is 0.469. The van der Waals surface area contributed by atoms with Gasteiger partial charge in [-0.2, -0.15) is 0 Å². The molecule has 0 bridgehead atoms. The van der Waals surface area contributed by atoms with Crippen molar-refractivity contribution in [3.8, 4) is 0 Å². The summed E-state index contributed by atoms with van der Waals surface area (Å²) in [6, 6.07) is 0. The molecule has 0 saturated heterocycles. The molecule has 0 saturated carbocycles. The van der Waals surface area contributed by atoms with Crippen molar-refractivity contribution in [2.45, 2.75) is 34.6 Å². The fourth-order valence-electron chi connectivity index (χ4n) is 0.993. The summed E-state index contributed by atoms with van der Waals surface area (Å²) in [6.45, 7) is 10.7. The Morgan fingerprint density at radius 1 is 1.00 bits per heavy atom. The summed E-state index contributed by atoms with van der Waals surface area (Å²) in [7, 11) is 0. The lowest BCUT2D eigenvalue weighted by atomic mass is 10.0. The zero-order valence-electron chi connectivity index (χ0n) is 9.29. The van der Waals surface area contributed by atoms with E-state index in [1.165, 1.54) is 5.57 Å². The van der Waals surface area contributed by atoms with E-state index in [0.29, 0.717) is 11.8 Å². The monoisotopic (exact) mass is 196 g/mol. The van der Waals surface area contributed by atoms with Crippen LogP contribution in [0.3, 0.4) is 0 Å². The standard InChI is InChI=1S/C12H20S/c1-6-11(9(2)3)7-8-12(13)10(4)5/h6-10H,1-5H3/b8-7-,11-6?. The van der Waals surface area contributed by atoms with Crippen LogP contribution in [-0.4, -0.2) is 4.86 Å². The van der Waals surface area contributed by atoms with Gasteiger partial charge >= 0.3 is 0 Å². The lowest BCUT2D eigenvalue weighted by molar-refractivity contribution is 0.789. The number of hydrogen-bond acceptors (Lipinski definition) is 1. The van der Waals surface area contributed by atoms with Gasteiger partial charge in [0.05, 0.1) is 0 Å². The third-order valence-corrected chi connectivity index (χ3v) is 2.62. The molecule has 0 atom stereocenters. The molecule has 0 amide bonds. The highest BCUT2D eigenvalue weighted by molar-refractivity contribution is 7.80. The molecule has 0 spiro atoms. The van der Waals surface area contributed by atoms with E-state index in [1.807, 2.05) is 0 Å². The van der Waals surface area contributed by atoms with Gasteiger partial charge in [0.1, 0.15) is 0 Å². The van der Waals surface area contributed by atoms with Crippen molar-refractivity contribution in [2.75, 3.05) is 0 Å². The Hall–Kier alpha value is -0.430. The molecule has 0 aromatic carbocycles. The van der Waals surface area contributed by atoms with Gasteiger partial charge in [-0.15, -0.1) is 0 Å². The highest BCUT2D eigenvalue weighted by Crippen LogP contribution is 2.11. The number of thiocarbonyl (C=S) groups is 1. The van der Waals surface area contributed by atoms with Crippen LogP contribution in [0, 0.1) is 11.8 Å². The van der Waals surface area contributed by atoms with E-state index in [0.717, 1.165) is 4.86 Å². The van der Waals surface area contributed by atoms with Crippen LogP contribution in [-0.2, 0) is 0 Å². The summed E-state index contributed by atoms with van der Waals surface area (Å²) >= 11 is 5.22. The van der Waals surface area contributed by atoms with Crippen LogP contribution >= 0.6 is 12.2 Å². The number of allylic oxidation sites excluding steroid dienone is 4. The van der Waals surface area contributed by atoms with Gasteiger partial charge < -0.3 is 0 Å².